The molecule has 0 fully saturated rings. The van der Waals surface area contributed by atoms with Gasteiger partial charge >= 0.3 is 24.4 Å². The monoisotopic (exact) mass is 552 g/mol. The van der Waals surface area contributed by atoms with E-state index in [0.29, 0.717) is 6.07 Å². The van der Waals surface area contributed by atoms with Crippen LogP contribution in [0, 0.1) is 0 Å². The van der Waals surface area contributed by atoms with Crippen molar-refractivity contribution in [2.75, 3.05) is 6.54 Å². The van der Waals surface area contributed by atoms with Crippen molar-refractivity contribution in [1.29, 1.82) is 0 Å². The summed E-state index contributed by atoms with van der Waals surface area (Å²) in [5.74, 6) is -2.67. The third-order valence-corrected chi connectivity index (χ3v) is 6.21. The minimum atomic E-state index is -4.83. The van der Waals surface area contributed by atoms with Crippen LogP contribution >= 0.6 is 0 Å². The van der Waals surface area contributed by atoms with Gasteiger partial charge in [0.1, 0.15) is 0 Å². The first kappa shape index (κ1) is 29.5. The van der Waals surface area contributed by atoms with Crippen LogP contribution in [-0.2, 0) is 30.2 Å². The van der Waals surface area contributed by atoms with Gasteiger partial charge in [-0.05, 0) is 65.9 Å². The zero-order valence-corrected chi connectivity index (χ0v) is 21.0. The molecule has 0 aliphatic rings. The Morgan fingerprint density at radius 3 is 2.10 bits per heavy atom. The van der Waals surface area contributed by atoms with E-state index in [1.165, 1.54) is 17.9 Å². The van der Waals surface area contributed by atoms with Gasteiger partial charge in [-0.15, -0.1) is 0 Å². The summed E-state index contributed by atoms with van der Waals surface area (Å²) < 4.78 is 81.7. The Balaban J connectivity index is 2.07. The fourth-order valence-corrected chi connectivity index (χ4v) is 3.96. The third kappa shape index (κ3) is 7.52. The second-order valence-electron chi connectivity index (χ2n) is 8.93. The molecule has 5 nitrogen and oxygen atoms in total. The standard InChI is InChI=1S/C28H26F6N2O3/c1-3-36(26(39)35-15-18-7-5-4-6-8-18)16-21-14-22(27(29,30)31)9-10-24(21)20-11-19(17(2)25(37)38)12-23(13-20)28(32,33)34/h4-14,17H,3,15-16H2,1-2H3,(H,35,39)(H,37,38). The summed E-state index contributed by atoms with van der Waals surface area (Å²) in [6.07, 6.45) is -9.57. The first-order valence-electron chi connectivity index (χ1n) is 11.9. The maximum absolute atomic E-state index is 13.7. The van der Waals surface area contributed by atoms with Gasteiger partial charge in [-0.1, -0.05) is 42.5 Å². The second kappa shape index (κ2) is 11.8. The number of carbonyl (C=O) groups is 2. The number of nitrogens with one attached hydrogen (secondary N) is 1. The Kier molecular flexibility index (Phi) is 8.93. The smallest absolute Gasteiger partial charge is 0.416 e. The van der Waals surface area contributed by atoms with Crippen molar-refractivity contribution in [3.8, 4) is 11.1 Å². The van der Waals surface area contributed by atoms with E-state index in [-0.39, 0.29) is 41.9 Å². The Labute approximate surface area is 221 Å². The Hall–Kier alpha value is -4.02. The summed E-state index contributed by atoms with van der Waals surface area (Å²) in [7, 11) is 0. The van der Waals surface area contributed by atoms with Gasteiger partial charge in [0.05, 0.1) is 17.0 Å². The third-order valence-electron chi connectivity index (χ3n) is 6.21. The fraction of sp³-hybridized carbons (Fsp3) is 0.286. The van der Waals surface area contributed by atoms with Gasteiger partial charge in [0.15, 0.2) is 0 Å². The lowest BCUT2D eigenvalue weighted by Gasteiger charge is -2.24. The van der Waals surface area contributed by atoms with Gasteiger partial charge in [0, 0.05) is 19.6 Å². The molecule has 0 aliphatic carbocycles. The van der Waals surface area contributed by atoms with Crippen LogP contribution in [0.25, 0.3) is 11.1 Å². The van der Waals surface area contributed by atoms with Gasteiger partial charge in [-0.25, -0.2) is 4.79 Å². The number of carboxylic acids is 1. The first-order valence-corrected chi connectivity index (χ1v) is 11.9. The molecule has 0 bridgehead atoms. The van der Waals surface area contributed by atoms with E-state index < -0.39 is 41.4 Å². The molecule has 0 saturated heterocycles. The van der Waals surface area contributed by atoms with Crippen LogP contribution in [0.5, 0.6) is 0 Å². The summed E-state index contributed by atoms with van der Waals surface area (Å²) in [4.78, 5) is 25.6. The molecule has 3 aromatic rings. The molecule has 11 heteroatoms. The molecular formula is C28H26F6N2O3. The largest absolute Gasteiger partial charge is 0.481 e. The van der Waals surface area contributed by atoms with Gasteiger partial charge < -0.3 is 15.3 Å². The number of carbonyl (C=O) groups excluding carboxylic acids is 1. The van der Waals surface area contributed by atoms with Gasteiger partial charge in [0.2, 0.25) is 0 Å². The normalized spacial score (nSPS) is 12.6. The number of urea groups is 1. The van der Waals surface area contributed by atoms with Gasteiger partial charge in [-0.3, -0.25) is 4.79 Å². The molecule has 0 aromatic heterocycles. The number of carboxylic acid groups (broad SMARTS) is 1. The van der Waals surface area contributed by atoms with E-state index in [2.05, 4.69) is 5.32 Å². The van der Waals surface area contributed by atoms with Crippen molar-refractivity contribution in [2.45, 2.75) is 45.2 Å². The number of nitrogens with zero attached hydrogens (tertiary/aromatic N) is 1. The zero-order chi connectivity index (χ0) is 29.0. The molecule has 208 valence electrons. The highest BCUT2D eigenvalue weighted by Gasteiger charge is 2.34. The molecule has 0 spiro atoms. The summed E-state index contributed by atoms with van der Waals surface area (Å²) >= 11 is 0. The molecule has 3 aromatic carbocycles. The number of alkyl halides is 6. The maximum Gasteiger partial charge on any atom is 0.416 e. The average molecular weight is 553 g/mol. The number of aliphatic carboxylic acids is 1. The molecule has 0 radical (unpaired) electrons. The lowest BCUT2D eigenvalue weighted by Crippen LogP contribution is -2.39. The van der Waals surface area contributed by atoms with Crippen molar-refractivity contribution >= 4 is 12.0 Å². The number of hydrogen-bond acceptors (Lipinski definition) is 2. The van der Waals surface area contributed by atoms with E-state index in [9.17, 15) is 41.0 Å². The van der Waals surface area contributed by atoms with Crippen LogP contribution in [0.2, 0.25) is 0 Å². The highest BCUT2D eigenvalue weighted by Crippen LogP contribution is 2.38. The molecule has 1 atom stereocenters. The minimum Gasteiger partial charge on any atom is -0.481 e. The van der Waals surface area contributed by atoms with Crippen LogP contribution in [-0.4, -0.2) is 28.6 Å². The number of benzene rings is 3. The predicted octanol–water partition coefficient (Wildman–Crippen LogP) is 7.31. The number of rotatable bonds is 8. The van der Waals surface area contributed by atoms with Gasteiger partial charge in [0.25, 0.3) is 0 Å². The number of halogens is 6. The number of amides is 2. The highest BCUT2D eigenvalue weighted by atomic mass is 19.4. The molecule has 0 heterocycles. The topological polar surface area (TPSA) is 69.6 Å². The molecule has 1 unspecified atom stereocenters. The lowest BCUT2D eigenvalue weighted by atomic mass is 9.90. The molecular weight excluding hydrogens is 526 g/mol. The molecule has 39 heavy (non-hydrogen) atoms. The molecule has 0 saturated carbocycles. The summed E-state index contributed by atoms with van der Waals surface area (Å²) in [5.41, 5.74) is -1.68. The first-order chi connectivity index (χ1) is 18.2. The van der Waals surface area contributed by atoms with Gasteiger partial charge in [-0.2, -0.15) is 26.3 Å². The maximum atomic E-state index is 13.7. The molecule has 3 rings (SSSR count). The van der Waals surface area contributed by atoms with Crippen molar-refractivity contribution in [2.24, 2.45) is 0 Å². The van der Waals surface area contributed by atoms with Crippen molar-refractivity contribution in [1.82, 2.24) is 10.2 Å². The number of hydrogen-bond donors (Lipinski definition) is 2. The Bertz CT molecular complexity index is 1320. The van der Waals surface area contributed by atoms with Crippen LogP contribution in [0.3, 0.4) is 0 Å². The van der Waals surface area contributed by atoms with E-state index in [4.69, 9.17) is 0 Å². The molecule has 2 N–H and O–H groups in total. The SMILES string of the molecule is CCN(Cc1cc(C(F)(F)F)ccc1-c1cc(C(C)C(=O)O)cc(C(F)(F)F)c1)C(=O)NCc1ccccc1. The molecule has 0 aliphatic heterocycles. The minimum absolute atomic E-state index is 0.0160. The zero-order valence-electron chi connectivity index (χ0n) is 21.0. The highest BCUT2D eigenvalue weighted by molar-refractivity contribution is 5.78. The summed E-state index contributed by atoms with van der Waals surface area (Å²) in [6, 6.07) is 13.6. The van der Waals surface area contributed by atoms with Crippen LogP contribution < -0.4 is 5.32 Å². The van der Waals surface area contributed by atoms with E-state index in [1.807, 2.05) is 0 Å². The lowest BCUT2D eigenvalue weighted by molar-refractivity contribution is -0.139. The second-order valence-corrected chi connectivity index (χ2v) is 8.93. The van der Waals surface area contributed by atoms with Crippen molar-refractivity contribution in [3.63, 3.8) is 0 Å². The van der Waals surface area contributed by atoms with Crippen LogP contribution in [0.4, 0.5) is 31.1 Å². The van der Waals surface area contributed by atoms with Crippen LogP contribution in [0.15, 0.2) is 66.7 Å². The van der Waals surface area contributed by atoms with E-state index in [0.717, 1.165) is 29.8 Å². The Morgan fingerprint density at radius 2 is 1.54 bits per heavy atom. The summed E-state index contributed by atoms with van der Waals surface area (Å²) in [6.45, 7) is 2.75. The fourth-order valence-electron chi connectivity index (χ4n) is 3.96. The average Bonchev–Trinajstić information content (AvgIpc) is 2.89. The summed E-state index contributed by atoms with van der Waals surface area (Å²) in [5, 5.41) is 12.0. The molecule has 2 amide bonds. The van der Waals surface area contributed by atoms with E-state index in [1.54, 1.807) is 37.3 Å². The van der Waals surface area contributed by atoms with Crippen LogP contribution in [0.1, 0.15) is 47.6 Å². The predicted molar refractivity (Wildman–Crippen MR) is 133 cm³/mol. The van der Waals surface area contributed by atoms with E-state index >= 15 is 0 Å². The van der Waals surface area contributed by atoms with Crippen molar-refractivity contribution < 1.29 is 41.0 Å². The Morgan fingerprint density at radius 1 is 0.897 bits per heavy atom. The van der Waals surface area contributed by atoms with Crippen molar-refractivity contribution in [3.05, 3.63) is 94.5 Å². The quantitative estimate of drug-likeness (QED) is 0.288.